The van der Waals surface area contributed by atoms with E-state index < -0.39 is 0 Å². The van der Waals surface area contributed by atoms with Crippen LogP contribution < -0.4 is 4.90 Å². The zero-order valence-electron chi connectivity index (χ0n) is 15.3. The predicted molar refractivity (Wildman–Crippen MR) is 106 cm³/mol. The average molecular weight is 325 g/mol. The number of aryl methyl sites for hydroxylation is 1. The maximum atomic E-state index is 5.64. The zero-order chi connectivity index (χ0) is 17.8. The highest BCUT2D eigenvalue weighted by Crippen LogP contribution is 2.20. The van der Waals surface area contributed by atoms with Gasteiger partial charge in [0.2, 0.25) is 0 Å². The second-order valence-electron chi connectivity index (χ2n) is 5.93. The van der Waals surface area contributed by atoms with Crippen molar-refractivity contribution in [2.75, 3.05) is 18.1 Å². The van der Waals surface area contributed by atoms with Crippen molar-refractivity contribution in [3.05, 3.63) is 79.2 Å². The van der Waals surface area contributed by atoms with Gasteiger partial charge in [-0.25, -0.2) is 0 Å². The summed E-state index contributed by atoms with van der Waals surface area (Å²) in [5, 5.41) is 0. The number of anilines is 1. The number of hydrogen-bond acceptors (Lipinski definition) is 2. The minimum absolute atomic E-state index is 0.676. The summed E-state index contributed by atoms with van der Waals surface area (Å²) in [6.07, 6.45) is 10.5. The number of hydrogen-bond donors (Lipinski definition) is 0. The smallest absolute Gasteiger partial charge is 0.112 e. The Morgan fingerprint density at radius 1 is 1.08 bits per heavy atom. The largest absolute Gasteiger partial charge is 0.494 e. The molecule has 1 aromatic carbocycles. The van der Waals surface area contributed by atoms with Gasteiger partial charge in [-0.1, -0.05) is 63.1 Å². The van der Waals surface area contributed by atoms with Crippen LogP contribution in [0.2, 0.25) is 0 Å². The fraction of sp³-hybridized carbons (Fsp3) is 0.364. The summed E-state index contributed by atoms with van der Waals surface area (Å²) < 4.78 is 5.64. The van der Waals surface area contributed by atoms with Gasteiger partial charge in [0.1, 0.15) is 5.76 Å². The first-order valence-electron chi connectivity index (χ1n) is 8.72. The lowest BCUT2D eigenvalue weighted by Crippen LogP contribution is -2.20. The van der Waals surface area contributed by atoms with Crippen LogP contribution in [0.15, 0.2) is 73.7 Å². The number of unbranched alkanes of at least 4 members (excludes halogenated alkanes) is 3. The SMILES string of the molecule is C=CCN(C(=C)/C=C\C(=C)OCCCCCC)c1ccc(C)cc1. The van der Waals surface area contributed by atoms with E-state index >= 15 is 0 Å². The molecule has 0 amide bonds. The van der Waals surface area contributed by atoms with Crippen LogP contribution in [0.3, 0.4) is 0 Å². The van der Waals surface area contributed by atoms with Crippen molar-refractivity contribution in [1.82, 2.24) is 0 Å². The van der Waals surface area contributed by atoms with Crippen LogP contribution in [0.4, 0.5) is 5.69 Å². The topological polar surface area (TPSA) is 12.5 Å². The molecule has 0 saturated carbocycles. The summed E-state index contributed by atoms with van der Waals surface area (Å²) in [7, 11) is 0. The van der Waals surface area contributed by atoms with Crippen molar-refractivity contribution in [3.63, 3.8) is 0 Å². The van der Waals surface area contributed by atoms with E-state index in [1.165, 1.54) is 24.8 Å². The van der Waals surface area contributed by atoms with Gasteiger partial charge in [-0.2, -0.15) is 0 Å². The zero-order valence-corrected chi connectivity index (χ0v) is 15.3. The van der Waals surface area contributed by atoms with E-state index in [-0.39, 0.29) is 0 Å². The van der Waals surface area contributed by atoms with Gasteiger partial charge in [-0.3, -0.25) is 0 Å². The lowest BCUT2D eigenvalue weighted by molar-refractivity contribution is 0.218. The molecule has 2 nitrogen and oxygen atoms in total. The monoisotopic (exact) mass is 325 g/mol. The lowest BCUT2D eigenvalue weighted by atomic mass is 10.2. The third kappa shape index (κ3) is 7.36. The van der Waals surface area contributed by atoms with E-state index in [1.54, 1.807) is 0 Å². The minimum atomic E-state index is 0.676. The van der Waals surface area contributed by atoms with Gasteiger partial charge in [-0.05, 0) is 37.6 Å². The Balaban J connectivity index is 2.56. The van der Waals surface area contributed by atoms with E-state index in [4.69, 9.17) is 4.74 Å². The highest BCUT2D eigenvalue weighted by Gasteiger charge is 2.06. The van der Waals surface area contributed by atoms with E-state index in [2.05, 4.69) is 62.7 Å². The lowest BCUT2D eigenvalue weighted by Gasteiger charge is -2.24. The molecule has 130 valence electrons. The third-order valence-corrected chi connectivity index (χ3v) is 3.75. The van der Waals surface area contributed by atoms with Crippen LogP contribution in [-0.2, 0) is 4.74 Å². The Labute approximate surface area is 147 Å². The van der Waals surface area contributed by atoms with E-state index in [9.17, 15) is 0 Å². The van der Waals surface area contributed by atoms with Gasteiger partial charge in [-0.15, -0.1) is 6.58 Å². The Kier molecular flexibility index (Phi) is 9.36. The molecule has 24 heavy (non-hydrogen) atoms. The molecular weight excluding hydrogens is 294 g/mol. The number of ether oxygens (including phenoxy) is 1. The molecule has 0 heterocycles. The van der Waals surface area contributed by atoms with Crippen molar-refractivity contribution < 1.29 is 4.74 Å². The second-order valence-corrected chi connectivity index (χ2v) is 5.93. The molecule has 0 spiro atoms. The minimum Gasteiger partial charge on any atom is -0.494 e. The summed E-state index contributed by atoms with van der Waals surface area (Å²) in [4.78, 5) is 2.11. The number of nitrogens with zero attached hydrogens (tertiary/aromatic N) is 1. The molecule has 0 saturated heterocycles. The van der Waals surface area contributed by atoms with Gasteiger partial charge in [0.15, 0.2) is 0 Å². The maximum Gasteiger partial charge on any atom is 0.112 e. The number of benzene rings is 1. The molecule has 0 bridgehead atoms. The van der Waals surface area contributed by atoms with Crippen molar-refractivity contribution in [2.45, 2.75) is 39.5 Å². The third-order valence-electron chi connectivity index (χ3n) is 3.75. The van der Waals surface area contributed by atoms with Crippen LogP contribution in [0.5, 0.6) is 0 Å². The fourth-order valence-corrected chi connectivity index (χ4v) is 2.30. The molecule has 0 radical (unpaired) electrons. The van der Waals surface area contributed by atoms with Gasteiger partial charge >= 0.3 is 0 Å². The normalized spacial score (nSPS) is 10.6. The van der Waals surface area contributed by atoms with E-state index in [0.29, 0.717) is 12.3 Å². The standard InChI is InChI=1S/C22H31NO/c1-6-8-9-10-18-24-21(5)14-13-20(4)23(17-7-2)22-15-11-19(3)12-16-22/h7,11-16H,2,4-6,8-10,17-18H2,1,3H3/b14-13-. The Morgan fingerprint density at radius 2 is 1.79 bits per heavy atom. The molecule has 2 heteroatoms. The van der Waals surface area contributed by atoms with Crippen LogP contribution in [0, 0.1) is 6.92 Å². The van der Waals surface area contributed by atoms with E-state index in [0.717, 1.165) is 24.4 Å². The van der Waals surface area contributed by atoms with Crippen molar-refractivity contribution in [3.8, 4) is 0 Å². The van der Waals surface area contributed by atoms with Crippen LogP contribution in [0.1, 0.15) is 38.2 Å². The van der Waals surface area contributed by atoms with Gasteiger partial charge in [0.05, 0.1) is 6.61 Å². The molecule has 0 aliphatic rings. The quantitative estimate of drug-likeness (QED) is 0.197. The van der Waals surface area contributed by atoms with Crippen molar-refractivity contribution in [2.24, 2.45) is 0 Å². The first-order chi connectivity index (χ1) is 11.6. The molecule has 1 rings (SSSR count). The van der Waals surface area contributed by atoms with Gasteiger partial charge < -0.3 is 9.64 Å². The molecule has 0 N–H and O–H groups in total. The average Bonchev–Trinajstić information content (AvgIpc) is 2.58. The summed E-state index contributed by atoms with van der Waals surface area (Å²) in [5.41, 5.74) is 3.22. The Bertz CT molecular complexity index is 554. The van der Waals surface area contributed by atoms with Crippen LogP contribution >= 0.6 is 0 Å². The van der Waals surface area contributed by atoms with Gasteiger partial charge in [0, 0.05) is 17.9 Å². The Morgan fingerprint density at radius 3 is 2.42 bits per heavy atom. The predicted octanol–water partition coefficient (Wildman–Crippen LogP) is 6.17. The maximum absolute atomic E-state index is 5.64. The first-order valence-corrected chi connectivity index (χ1v) is 8.72. The molecular formula is C22H31NO. The summed E-state index contributed by atoms with van der Waals surface area (Å²) in [6.45, 7) is 17.7. The molecule has 0 unspecified atom stereocenters. The first kappa shape index (κ1) is 19.8. The highest BCUT2D eigenvalue weighted by molar-refractivity contribution is 5.55. The molecule has 0 aliphatic carbocycles. The van der Waals surface area contributed by atoms with E-state index in [1.807, 2.05) is 18.2 Å². The highest BCUT2D eigenvalue weighted by atomic mass is 16.5. The second kappa shape index (κ2) is 11.3. The van der Waals surface area contributed by atoms with Crippen molar-refractivity contribution in [1.29, 1.82) is 0 Å². The summed E-state index contributed by atoms with van der Waals surface area (Å²) in [5.74, 6) is 0.676. The van der Waals surface area contributed by atoms with Crippen LogP contribution in [0.25, 0.3) is 0 Å². The molecule has 0 aromatic heterocycles. The molecule has 0 atom stereocenters. The fourth-order valence-electron chi connectivity index (χ4n) is 2.30. The summed E-state index contributed by atoms with van der Waals surface area (Å²) in [6, 6.07) is 8.38. The van der Waals surface area contributed by atoms with Gasteiger partial charge in [0.25, 0.3) is 0 Å². The number of allylic oxidation sites excluding steroid dienone is 2. The molecule has 1 aromatic rings. The summed E-state index contributed by atoms with van der Waals surface area (Å²) >= 11 is 0. The number of rotatable bonds is 12. The Hall–Kier alpha value is -2.22. The molecule has 0 aliphatic heterocycles. The molecule has 0 fully saturated rings. The van der Waals surface area contributed by atoms with Crippen LogP contribution in [-0.4, -0.2) is 13.2 Å². The van der Waals surface area contributed by atoms with Crippen molar-refractivity contribution >= 4 is 5.69 Å².